The number of rotatable bonds is 10. The predicted molar refractivity (Wildman–Crippen MR) is 107 cm³/mol. The molecule has 1 atom stereocenters. The molecular weight excluding hydrogens is 443 g/mol. The monoisotopic (exact) mass is 473 g/mol. The number of hydrogen-bond donors (Lipinski definition) is 2. The molecule has 0 aromatic carbocycles. The summed E-state index contributed by atoms with van der Waals surface area (Å²) in [7, 11) is 0. The van der Waals surface area contributed by atoms with Crippen molar-refractivity contribution in [3.05, 3.63) is 18.2 Å². The maximum atomic E-state index is 12.8. The van der Waals surface area contributed by atoms with Crippen molar-refractivity contribution in [1.82, 2.24) is 20.2 Å². The molecule has 0 fully saturated rings. The molecule has 0 aliphatic rings. The van der Waals surface area contributed by atoms with E-state index >= 15 is 0 Å². The van der Waals surface area contributed by atoms with Gasteiger partial charge in [-0.05, 0) is 26.2 Å². The molecule has 0 bridgehead atoms. The Morgan fingerprint density at radius 3 is 2.60 bits per heavy atom. The van der Waals surface area contributed by atoms with Gasteiger partial charge in [0.2, 0.25) is 0 Å². The second-order valence-corrected chi connectivity index (χ2v) is 5.68. The van der Waals surface area contributed by atoms with Crippen LogP contribution in [-0.2, 0) is 11.3 Å². The van der Waals surface area contributed by atoms with E-state index in [4.69, 9.17) is 4.74 Å². The van der Waals surface area contributed by atoms with Crippen molar-refractivity contribution in [3.63, 3.8) is 0 Å². The number of alkyl halides is 2. The number of guanidine groups is 1. The van der Waals surface area contributed by atoms with Crippen LogP contribution in [0.2, 0.25) is 0 Å². The summed E-state index contributed by atoms with van der Waals surface area (Å²) in [5, 5.41) is 6.31. The molecule has 146 valence electrons. The van der Waals surface area contributed by atoms with E-state index in [0.29, 0.717) is 31.6 Å². The average molecular weight is 473 g/mol. The van der Waals surface area contributed by atoms with Gasteiger partial charge in [0, 0.05) is 32.1 Å². The molecule has 0 saturated carbocycles. The first-order valence-corrected chi connectivity index (χ1v) is 8.43. The molecule has 0 spiro atoms. The van der Waals surface area contributed by atoms with E-state index in [9.17, 15) is 8.78 Å². The number of nitrogens with one attached hydrogen (secondary N) is 2. The highest BCUT2D eigenvalue weighted by atomic mass is 127. The molecule has 0 aliphatic heterocycles. The summed E-state index contributed by atoms with van der Waals surface area (Å²) in [6.07, 6.45) is 3.64. The zero-order chi connectivity index (χ0) is 17.9. The summed E-state index contributed by atoms with van der Waals surface area (Å²) in [4.78, 5) is 8.25. The number of aliphatic imine (C=N–C) groups is 1. The van der Waals surface area contributed by atoms with E-state index in [1.54, 1.807) is 0 Å². The van der Waals surface area contributed by atoms with Gasteiger partial charge in [-0.25, -0.2) is 9.98 Å². The van der Waals surface area contributed by atoms with Gasteiger partial charge in [0.15, 0.2) is 5.96 Å². The Morgan fingerprint density at radius 2 is 2.04 bits per heavy atom. The largest absolute Gasteiger partial charge is 0.378 e. The maximum Gasteiger partial charge on any atom is 0.319 e. The molecule has 1 aromatic heterocycles. The lowest BCUT2D eigenvalue weighted by molar-refractivity contribution is 0.0258. The molecule has 2 N–H and O–H groups in total. The fraction of sp³-hybridized carbons (Fsp3) is 0.750. The molecule has 25 heavy (non-hydrogen) atoms. The fourth-order valence-electron chi connectivity index (χ4n) is 2.29. The second-order valence-electron chi connectivity index (χ2n) is 5.68. The molecule has 0 saturated heterocycles. The van der Waals surface area contributed by atoms with Crippen LogP contribution < -0.4 is 10.6 Å². The molecule has 1 rings (SSSR count). The molecule has 1 aromatic rings. The van der Waals surface area contributed by atoms with Crippen molar-refractivity contribution < 1.29 is 13.5 Å². The lowest BCUT2D eigenvalue weighted by atomic mass is 10.0. The van der Waals surface area contributed by atoms with Crippen molar-refractivity contribution in [2.75, 3.05) is 19.7 Å². The van der Waals surface area contributed by atoms with E-state index in [1.165, 1.54) is 12.4 Å². The summed E-state index contributed by atoms with van der Waals surface area (Å²) >= 11 is 0. The smallest absolute Gasteiger partial charge is 0.319 e. The van der Waals surface area contributed by atoms with Crippen LogP contribution in [-0.4, -0.2) is 41.3 Å². The van der Waals surface area contributed by atoms with Crippen LogP contribution >= 0.6 is 24.0 Å². The van der Waals surface area contributed by atoms with Gasteiger partial charge < -0.3 is 15.4 Å². The lowest BCUT2D eigenvalue weighted by Gasteiger charge is -2.21. The molecule has 6 nitrogen and oxygen atoms in total. The summed E-state index contributed by atoms with van der Waals surface area (Å²) in [6, 6.07) is 0. The third-order valence-corrected chi connectivity index (χ3v) is 3.53. The summed E-state index contributed by atoms with van der Waals surface area (Å²) in [6.45, 7) is 7.75. The molecule has 0 aliphatic carbocycles. The quantitative estimate of drug-likeness (QED) is 0.311. The number of hydrogen-bond acceptors (Lipinski definition) is 3. The number of nitrogens with zero attached hydrogens (tertiary/aromatic N) is 3. The van der Waals surface area contributed by atoms with Gasteiger partial charge in [-0.15, -0.1) is 24.0 Å². The Kier molecular flexibility index (Phi) is 12.7. The number of imidazole rings is 1. The first-order valence-electron chi connectivity index (χ1n) is 8.43. The van der Waals surface area contributed by atoms with Crippen LogP contribution in [0.5, 0.6) is 0 Å². The predicted octanol–water partition coefficient (Wildman–Crippen LogP) is 3.40. The molecule has 0 radical (unpaired) electrons. The average Bonchev–Trinajstić information content (AvgIpc) is 3.00. The third kappa shape index (κ3) is 8.80. The number of halogens is 3. The highest BCUT2D eigenvalue weighted by Crippen LogP contribution is 2.13. The Balaban J connectivity index is 0.00000576. The Labute approximate surface area is 165 Å². The highest BCUT2D eigenvalue weighted by molar-refractivity contribution is 14.0. The first-order chi connectivity index (χ1) is 11.5. The summed E-state index contributed by atoms with van der Waals surface area (Å²) in [5.74, 6) is 1.25. The van der Waals surface area contributed by atoms with Gasteiger partial charge in [-0.3, -0.25) is 4.57 Å². The Hall–Kier alpha value is -0.970. The zero-order valence-electron chi connectivity index (χ0n) is 15.3. The SMILES string of the molecule is CCNC(=NCc1nccn1C(F)F)NCCC(OCC)C(C)C.I. The second kappa shape index (κ2) is 13.3. The van der Waals surface area contributed by atoms with Gasteiger partial charge in [0.05, 0.1) is 6.10 Å². The molecular formula is C16H30F2IN5O. The molecule has 0 amide bonds. The lowest BCUT2D eigenvalue weighted by Crippen LogP contribution is -2.39. The minimum absolute atomic E-state index is 0. The van der Waals surface area contributed by atoms with Crippen molar-refractivity contribution in [2.45, 2.75) is 53.3 Å². The maximum absolute atomic E-state index is 12.8. The molecule has 9 heteroatoms. The van der Waals surface area contributed by atoms with Gasteiger partial charge in [-0.1, -0.05) is 13.8 Å². The summed E-state index contributed by atoms with van der Waals surface area (Å²) < 4.78 is 32.1. The van der Waals surface area contributed by atoms with E-state index in [-0.39, 0.29) is 42.4 Å². The topological polar surface area (TPSA) is 63.5 Å². The van der Waals surface area contributed by atoms with Gasteiger partial charge in [0.1, 0.15) is 12.4 Å². The summed E-state index contributed by atoms with van der Waals surface area (Å²) in [5.41, 5.74) is 0. The number of ether oxygens (including phenoxy) is 1. The zero-order valence-corrected chi connectivity index (χ0v) is 17.7. The minimum Gasteiger partial charge on any atom is -0.378 e. The molecule has 1 unspecified atom stereocenters. The molecule has 1 heterocycles. The van der Waals surface area contributed by atoms with E-state index in [1.807, 2.05) is 13.8 Å². The number of aromatic nitrogens is 2. The van der Waals surface area contributed by atoms with Crippen molar-refractivity contribution in [2.24, 2.45) is 10.9 Å². The van der Waals surface area contributed by atoms with Crippen molar-refractivity contribution in [3.8, 4) is 0 Å². The highest BCUT2D eigenvalue weighted by Gasteiger charge is 2.13. The van der Waals surface area contributed by atoms with Crippen LogP contribution in [0.15, 0.2) is 17.4 Å². The normalized spacial score (nSPS) is 13.0. The van der Waals surface area contributed by atoms with Crippen LogP contribution in [0, 0.1) is 5.92 Å². The van der Waals surface area contributed by atoms with Crippen LogP contribution in [0.25, 0.3) is 0 Å². The van der Waals surface area contributed by atoms with Crippen LogP contribution in [0.3, 0.4) is 0 Å². The van der Waals surface area contributed by atoms with Crippen molar-refractivity contribution in [1.29, 1.82) is 0 Å². The van der Waals surface area contributed by atoms with Gasteiger partial charge in [-0.2, -0.15) is 8.78 Å². The van der Waals surface area contributed by atoms with Crippen LogP contribution in [0.4, 0.5) is 8.78 Å². The van der Waals surface area contributed by atoms with Crippen LogP contribution in [0.1, 0.15) is 46.5 Å². The Bertz CT molecular complexity index is 497. The third-order valence-electron chi connectivity index (χ3n) is 3.53. The van der Waals surface area contributed by atoms with Crippen molar-refractivity contribution >= 4 is 29.9 Å². The minimum atomic E-state index is -2.61. The first kappa shape index (κ1) is 24.0. The fourth-order valence-corrected chi connectivity index (χ4v) is 2.29. The standard InChI is InChI=1S/C16H29F2N5O.HI/c1-5-19-16(21-8-7-13(12(3)4)24-6-2)22-11-14-20-9-10-23(14)15(17)18;/h9-10,12-13,15H,5-8,11H2,1-4H3,(H2,19,21,22);1H. The van der Waals surface area contributed by atoms with Gasteiger partial charge in [0.25, 0.3) is 0 Å². The van der Waals surface area contributed by atoms with E-state index in [2.05, 4.69) is 34.5 Å². The van der Waals surface area contributed by atoms with E-state index < -0.39 is 6.55 Å². The van der Waals surface area contributed by atoms with E-state index in [0.717, 1.165) is 11.0 Å². The van der Waals surface area contributed by atoms with Gasteiger partial charge >= 0.3 is 6.55 Å². The Morgan fingerprint density at radius 1 is 1.32 bits per heavy atom.